The Hall–Kier alpha value is -2.02. The molecule has 2 amide bonds. The third-order valence-electron chi connectivity index (χ3n) is 3.47. The first-order valence-electron chi connectivity index (χ1n) is 6.95. The van der Waals surface area contributed by atoms with E-state index in [0.29, 0.717) is 17.2 Å². The van der Waals surface area contributed by atoms with Crippen LogP contribution >= 0.6 is 11.8 Å². The van der Waals surface area contributed by atoms with E-state index in [1.165, 1.54) is 23.6 Å². The zero-order chi connectivity index (χ0) is 16.1. The largest absolute Gasteiger partial charge is 0.481 e. The van der Waals surface area contributed by atoms with E-state index in [2.05, 4.69) is 5.32 Å². The van der Waals surface area contributed by atoms with Gasteiger partial charge in [-0.05, 0) is 12.1 Å². The summed E-state index contributed by atoms with van der Waals surface area (Å²) in [6.07, 6.45) is 0. The van der Waals surface area contributed by atoms with Crippen molar-refractivity contribution in [2.45, 2.75) is 13.0 Å². The Balaban J connectivity index is 1.99. The van der Waals surface area contributed by atoms with E-state index in [1.54, 1.807) is 24.3 Å². The van der Waals surface area contributed by atoms with E-state index in [0.717, 1.165) is 0 Å². The molecule has 0 radical (unpaired) electrons. The van der Waals surface area contributed by atoms with Gasteiger partial charge in [0.05, 0.1) is 11.8 Å². The van der Waals surface area contributed by atoms with Crippen LogP contribution in [0.3, 0.4) is 0 Å². The van der Waals surface area contributed by atoms with Crippen molar-refractivity contribution in [1.29, 1.82) is 0 Å². The van der Waals surface area contributed by atoms with E-state index in [9.17, 15) is 14.4 Å². The van der Waals surface area contributed by atoms with Crippen molar-refractivity contribution < 1.29 is 19.5 Å². The summed E-state index contributed by atoms with van der Waals surface area (Å²) in [5, 5.41) is 11.4. The molecule has 2 unspecified atom stereocenters. The van der Waals surface area contributed by atoms with E-state index in [-0.39, 0.29) is 18.4 Å². The van der Waals surface area contributed by atoms with Crippen LogP contribution in [0.25, 0.3) is 0 Å². The van der Waals surface area contributed by atoms with Crippen molar-refractivity contribution in [3.05, 3.63) is 35.9 Å². The van der Waals surface area contributed by atoms with Gasteiger partial charge in [0.2, 0.25) is 5.91 Å². The van der Waals surface area contributed by atoms with Crippen LogP contribution < -0.4 is 5.32 Å². The highest BCUT2D eigenvalue weighted by Gasteiger charge is 2.35. The number of amides is 2. The first-order chi connectivity index (χ1) is 10.5. The number of carbonyl (C=O) groups is 3. The summed E-state index contributed by atoms with van der Waals surface area (Å²) in [5.74, 6) is -1.12. The molecule has 7 heteroatoms. The molecule has 0 aliphatic carbocycles. The molecule has 0 bridgehead atoms. The van der Waals surface area contributed by atoms with Gasteiger partial charge in [-0.3, -0.25) is 14.4 Å². The lowest BCUT2D eigenvalue weighted by molar-refractivity contribution is -0.141. The summed E-state index contributed by atoms with van der Waals surface area (Å²) in [6, 6.07) is 8.26. The highest BCUT2D eigenvalue weighted by Crippen LogP contribution is 2.23. The molecule has 1 fully saturated rings. The van der Waals surface area contributed by atoms with E-state index in [4.69, 9.17) is 5.11 Å². The van der Waals surface area contributed by atoms with Crippen molar-refractivity contribution in [2.24, 2.45) is 5.92 Å². The fourth-order valence-corrected chi connectivity index (χ4v) is 3.22. The summed E-state index contributed by atoms with van der Waals surface area (Å²) < 4.78 is 0. The third-order valence-corrected chi connectivity index (χ3v) is 4.48. The molecule has 6 nitrogen and oxygen atoms in total. The van der Waals surface area contributed by atoms with Gasteiger partial charge in [0, 0.05) is 17.9 Å². The second-order valence-electron chi connectivity index (χ2n) is 5.14. The third kappa shape index (κ3) is 3.79. The number of benzene rings is 1. The topological polar surface area (TPSA) is 86.7 Å². The molecule has 2 rings (SSSR count). The number of hydrogen-bond donors (Lipinski definition) is 2. The molecule has 0 spiro atoms. The summed E-state index contributed by atoms with van der Waals surface area (Å²) in [7, 11) is 0. The maximum atomic E-state index is 12.4. The monoisotopic (exact) mass is 322 g/mol. The van der Waals surface area contributed by atoms with E-state index < -0.39 is 17.9 Å². The fraction of sp³-hybridized carbons (Fsp3) is 0.400. The quantitative estimate of drug-likeness (QED) is 0.846. The predicted octanol–water partition coefficient (Wildman–Crippen LogP) is 1.04. The lowest BCUT2D eigenvalue weighted by Gasteiger charge is -2.23. The number of rotatable bonds is 5. The van der Waals surface area contributed by atoms with Gasteiger partial charge in [-0.15, -0.1) is 11.8 Å². The molecular weight excluding hydrogens is 304 g/mol. The second-order valence-corrected chi connectivity index (χ2v) is 6.14. The number of carboxylic acids is 1. The summed E-state index contributed by atoms with van der Waals surface area (Å²) in [5.41, 5.74) is 0.543. The number of aliphatic carboxylic acids is 1. The van der Waals surface area contributed by atoms with Crippen molar-refractivity contribution in [3.63, 3.8) is 0 Å². The SMILES string of the molecule is CC(CNC(=O)C1CSCN1C(=O)c1ccccc1)C(=O)O. The van der Waals surface area contributed by atoms with Crippen molar-refractivity contribution >= 4 is 29.5 Å². The molecule has 1 aliphatic rings. The minimum absolute atomic E-state index is 0.0582. The Bertz CT molecular complexity index is 564. The fourth-order valence-electron chi connectivity index (χ4n) is 2.07. The van der Waals surface area contributed by atoms with Crippen LogP contribution in [0.1, 0.15) is 17.3 Å². The first-order valence-corrected chi connectivity index (χ1v) is 8.10. The second kappa shape index (κ2) is 7.31. The average Bonchev–Trinajstić information content (AvgIpc) is 3.01. The normalized spacial score (nSPS) is 18.8. The number of carbonyl (C=O) groups excluding carboxylic acids is 2. The van der Waals surface area contributed by atoms with Crippen LogP contribution in [0.4, 0.5) is 0 Å². The number of nitrogens with zero attached hydrogens (tertiary/aromatic N) is 1. The van der Waals surface area contributed by atoms with Crippen LogP contribution in [0.15, 0.2) is 30.3 Å². The minimum Gasteiger partial charge on any atom is -0.481 e. The zero-order valence-electron chi connectivity index (χ0n) is 12.2. The number of hydrogen-bond acceptors (Lipinski definition) is 4. The molecule has 22 heavy (non-hydrogen) atoms. The average molecular weight is 322 g/mol. The summed E-state index contributed by atoms with van der Waals surface area (Å²) in [6.45, 7) is 1.58. The summed E-state index contributed by atoms with van der Waals surface area (Å²) >= 11 is 1.51. The molecule has 1 aromatic rings. The Morgan fingerprint density at radius 2 is 2.05 bits per heavy atom. The zero-order valence-corrected chi connectivity index (χ0v) is 13.0. The standard InChI is InChI=1S/C15H18N2O4S/c1-10(15(20)21)7-16-13(18)12-8-22-9-17(12)14(19)11-5-3-2-4-6-11/h2-6,10,12H,7-9H2,1H3,(H,16,18)(H,20,21). The van der Waals surface area contributed by atoms with Gasteiger partial charge in [0.25, 0.3) is 5.91 Å². The van der Waals surface area contributed by atoms with Crippen LogP contribution in [-0.2, 0) is 9.59 Å². The Morgan fingerprint density at radius 3 is 2.68 bits per heavy atom. The molecule has 1 heterocycles. The highest BCUT2D eigenvalue weighted by atomic mass is 32.2. The van der Waals surface area contributed by atoms with Gasteiger partial charge in [-0.2, -0.15) is 0 Å². The van der Waals surface area contributed by atoms with Crippen LogP contribution in [-0.4, -0.2) is 52.0 Å². The van der Waals surface area contributed by atoms with Gasteiger partial charge in [-0.1, -0.05) is 25.1 Å². The van der Waals surface area contributed by atoms with Gasteiger partial charge in [-0.25, -0.2) is 0 Å². The molecule has 118 valence electrons. The van der Waals surface area contributed by atoms with Crippen LogP contribution in [0, 0.1) is 5.92 Å². The van der Waals surface area contributed by atoms with Crippen LogP contribution in [0.5, 0.6) is 0 Å². The molecule has 0 aromatic heterocycles. The number of nitrogens with one attached hydrogen (secondary N) is 1. The van der Waals surface area contributed by atoms with Crippen molar-refractivity contribution in [3.8, 4) is 0 Å². The van der Waals surface area contributed by atoms with Crippen molar-refractivity contribution in [2.75, 3.05) is 18.2 Å². The maximum Gasteiger partial charge on any atom is 0.308 e. The smallest absolute Gasteiger partial charge is 0.308 e. The van der Waals surface area contributed by atoms with E-state index in [1.807, 2.05) is 6.07 Å². The minimum atomic E-state index is -0.960. The number of thioether (sulfide) groups is 1. The van der Waals surface area contributed by atoms with Gasteiger partial charge in [0.15, 0.2) is 0 Å². The molecule has 1 saturated heterocycles. The Morgan fingerprint density at radius 1 is 1.36 bits per heavy atom. The molecule has 2 atom stereocenters. The predicted molar refractivity (Wildman–Crippen MR) is 83.5 cm³/mol. The maximum absolute atomic E-state index is 12.4. The molecule has 1 aliphatic heterocycles. The lowest BCUT2D eigenvalue weighted by Crippen LogP contribution is -2.48. The summed E-state index contributed by atoms with van der Waals surface area (Å²) in [4.78, 5) is 37.0. The lowest BCUT2D eigenvalue weighted by atomic mass is 10.1. The molecular formula is C15H18N2O4S. The van der Waals surface area contributed by atoms with Crippen LogP contribution in [0.2, 0.25) is 0 Å². The molecule has 2 N–H and O–H groups in total. The highest BCUT2D eigenvalue weighted by molar-refractivity contribution is 7.99. The number of carboxylic acid groups (broad SMARTS) is 1. The van der Waals surface area contributed by atoms with E-state index >= 15 is 0 Å². The Labute approximate surface area is 132 Å². The first kappa shape index (κ1) is 16.4. The molecule has 1 aromatic carbocycles. The van der Waals surface area contributed by atoms with Crippen molar-refractivity contribution in [1.82, 2.24) is 10.2 Å². The van der Waals surface area contributed by atoms with Gasteiger partial charge >= 0.3 is 5.97 Å². The Kier molecular flexibility index (Phi) is 5.43. The van der Waals surface area contributed by atoms with Gasteiger partial charge < -0.3 is 15.3 Å². The van der Waals surface area contributed by atoms with Gasteiger partial charge in [0.1, 0.15) is 6.04 Å². The molecule has 0 saturated carbocycles.